The molecule has 0 amide bonds. The van der Waals surface area contributed by atoms with Gasteiger partial charge in [0.05, 0.1) is 28.6 Å². The molecule has 1 aromatic heterocycles. The zero-order valence-electron chi connectivity index (χ0n) is 15.4. The van der Waals surface area contributed by atoms with Crippen molar-refractivity contribution < 1.29 is 13.5 Å². The molecular formula is C22H19N3O3S. The molecule has 4 aromatic rings. The van der Waals surface area contributed by atoms with Crippen molar-refractivity contribution in [2.75, 3.05) is 0 Å². The Morgan fingerprint density at radius 1 is 0.862 bits per heavy atom. The smallest absolute Gasteiger partial charge is 0.238 e. The first-order valence-electron chi connectivity index (χ1n) is 8.95. The Hall–Kier alpha value is -3.26. The second-order valence-electron chi connectivity index (χ2n) is 6.55. The van der Waals surface area contributed by atoms with Crippen molar-refractivity contribution in [3.05, 3.63) is 90.5 Å². The number of rotatable bonds is 5. The van der Waals surface area contributed by atoms with Crippen LogP contribution in [0.5, 0.6) is 0 Å². The van der Waals surface area contributed by atoms with Gasteiger partial charge in [-0.25, -0.2) is 18.2 Å². The van der Waals surface area contributed by atoms with Crippen LogP contribution in [0.15, 0.2) is 89.8 Å². The number of aliphatic hydroxyl groups excluding tert-OH is 1. The molecule has 0 aliphatic rings. The van der Waals surface area contributed by atoms with E-state index in [4.69, 9.17) is 10.2 Å². The largest absolute Gasteiger partial charge is 0.392 e. The highest BCUT2D eigenvalue weighted by Gasteiger charge is 2.17. The van der Waals surface area contributed by atoms with Gasteiger partial charge in [0.25, 0.3) is 0 Å². The van der Waals surface area contributed by atoms with Gasteiger partial charge in [0.1, 0.15) is 0 Å². The van der Waals surface area contributed by atoms with Crippen molar-refractivity contribution in [3.8, 4) is 28.2 Å². The van der Waals surface area contributed by atoms with E-state index in [1.165, 1.54) is 6.07 Å². The molecule has 0 radical (unpaired) electrons. The predicted octanol–water partition coefficient (Wildman–Crippen LogP) is 3.35. The molecule has 0 fully saturated rings. The van der Waals surface area contributed by atoms with Crippen molar-refractivity contribution >= 4 is 10.0 Å². The van der Waals surface area contributed by atoms with E-state index in [9.17, 15) is 13.5 Å². The highest BCUT2D eigenvalue weighted by Crippen LogP contribution is 2.29. The molecule has 0 saturated heterocycles. The van der Waals surface area contributed by atoms with Gasteiger partial charge in [0.2, 0.25) is 10.0 Å². The van der Waals surface area contributed by atoms with E-state index in [0.29, 0.717) is 5.69 Å². The summed E-state index contributed by atoms with van der Waals surface area (Å²) in [6.07, 6.45) is 0. The van der Waals surface area contributed by atoms with Crippen molar-refractivity contribution in [1.82, 2.24) is 9.78 Å². The zero-order valence-corrected chi connectivity index (χ0v) is 16.3. The summed E-state index contributed by atoms with van der Waals surface area (Å²) in [5, 5.41) is 19.7. The van der Waals surface area contributed by atoms with Gasteiger partial charge in [0.15, 0.2) is 0 Å². The van der Waals surface area contributed by atoms with Crippen LogP contribution in [0.3, 0.4) is 0 Å². The minimum Gasteiger partial charge on any atom is -0.392 e. The third-order valence-electron chi connectivity index (χ3n) is 4.61. The van der Waals surface area contributed by atoms with Crippen molar-refractivity contribution in [2.24, 2.45) is 5.14 Å². The van der Waals surface area contributed by atoms with Crippen LogP contribution in [0.25, 0.3) is 28.2 Å². The van der Waals surface area contributed by atoms with Gasteiger partial charge >= 0.3 is 0 Å². The zero-order chi connectivity index (χ0) is 20.4. The number of nitrogens with zero attached hydrogens (tertiary/aromatic N) is 2. The normalized spacial score (nSPS) is 11.5. The summed E-state index contributed by atoms with van der Waals surface area (Å²) in [4.78, 5) is -0.0968. The van der Waals surface area contributed by atoms with Gasteiger partial charge < -0.3 is 5.11 Å². The molecular weight excluding hydrogens is 386 g/mol. The first-order valence-corrected chi connectivity index (χ1v) is 10.5. The molecule has 0 unspecified atom stereocenters. The van der Waals surface area contributed by atoms with Gasteiger partial charge in [-0.05, 0) is 29.8 Å². The molecule has 0 saturated carbocycles. The van der Waals surface area contributed by atoms with Crippen LogP contribution in [-0.2, 0) is 16.6 Å². The summed E-state index contributed by atoms with van der Waals surface area (Å²) in [5.74, 6) is 0. The average molecular weight is 405 g/mol. The lowest BCUT2D eigenvalue weighted by Crippen LogP contribution is -2.15. The van der Waals surface area contributed by atoms with E-state index in [-0.39, 0.29) is 10.5 Å². The lowest BCUT2D eigenvalue weighted by Gasteiger charge is -2.11. The summed E-state index contributed by atoms with van der Waals surface area (Å²) in [7, 11) is -3.93. The molecule has 0 atom stereocenters. The maximum atomic E-state index is 11.8. The number of aliphatic hydroxyl groups is 1. The monoisotopic (exact) mass is 405 g/mol. The molecule has 6 nitrogen and oxygen atoms in total. The van der Waals surface area contributed by atoms with Gasteiger partial charge in [-0.15, -0.1) is 0 Å². The van der Waals surface area contributed by atoms with Gasteiger partial charge in [-0.3, -0.25) is 0 Å². The summed E-state index contributed by atoms with van der Waals surface area (Å²) < 4.78 is 25.3. The fraction of sp³-hybridized carbons (Fsp3) is 0.0455. The molecule has 146 valence electrons. The molecule has 4 rings (SSSR count). The molecule has 3 N–H and O–H groups in total. The van der Waals surface area contributed by atoms with E-state index in [1.807, 2.05) is 66.7 Å². The third kappa shape index (κ3) is 3.84. The molecule has 0 aliphatic heterocycles. The molecule has 7 heteroatoms. The summed E-state index contributed by atoms with van der Waals surface area (Å²) >= 11 is 0. The molecule has 3 aromatic carbocycles. The maximum absolute atomic E-state index is 11.8. The highest BCUT2D eigenvalue weighted by molar-refractivity contribution is 7.89. The summed E-state index contributed by atoms with van der Waals surface area (Å²) in [6, 6.07) is 26.2. The Bertz CT molecular complexity index is 1250. The maximum Gasteiger partial charge on any atom is 0.238 e. The van der Waals surface area contributed by atoms with Crippen LogP contribution in [0, 0.1) is 0 Å². The number of benzene rings is 3. The Kier molecular flexibility index (Phi) is 5.02. The molecule has 1 heterocycles. The fourth-order valence-corrected chi connectivity index (χ4v) is 3.99. The molecule has 29 heavy (non-hydrogen) atoms. The Labute approximate surface area is 168 Å². The topological polar surface area (TPSA) is 98.2 Å². The van der Waals surface area contributed by atoms with Crippen LogP contribution >= 0.6 is 0 Å². The SMILES string of the molecule is NS(=O)(=O)c1ccc(-n2nc(-c3ccccc3)cc2-c2ccccc2)cc1CO. The molecule has 0 aliphatic carbocycles. The predicted molar refractivity (Wildman–Crippen MR) is 112 cm³/mol. The van der Waals surface area contributed by atoms with Crippen LogP contribution in [0.4, 0.5) is 0 Å². The number of aromatic nitrogens is 2. The lowest BCUT2D eigenvalue weighted by atomic mass is 10.1. The average Bonchev–Trinajstić information content (AvgIpc) is 3.19. The Morgan fingerprint density at radius 3 is 2.07 bits per heavy atom. The number of primary sulfonamides is 1. The Balaban J connectivity index is 1.92. The van der Waals surface area contributed by atoms with E-state index in [1.54, 1.807) is 16.8 Å². The van der Waals surface area contributed by atoms with E-state index < -0.39 is 16.6 Å². The highest BCUT2D eigenvalue weighted by atomic mass is 32.2. The van der Waals surface area contributed by atoms with Crippen LogP contribution < -0.4 is 5.14 Å². The van der Waals surface area contributed by atoms with Crippen molar-refractivity contribution in [1.29, 1.82) is 0 Å². The van der Waals surface area contributed by atoms with Crippen molar-refractivity contribution in [3.63, 3.8) is 0 Å². The minimum absolute atomic E-state index is 0.0968. The number of sulfonamides is 1. The molecule has 0 spiro atoms. The quantitative estimate of drug-likeness (QED) is 0.532. The number of nitrogens with two attached hydrogens (primary N) is 1. The fourth-order valence-electron chi connectivity index (χ4n) is 3.24. The van der Waals surface area contributed by atoms with Crippen LogP contribution in [0.1, 0.15) is 5.56 Å². The summed E-state index contributed by atoms with van der Waals surface area (Å²) in [6.45, 7) is -0.451. The second-order valence-corrected chi connectivity index (χ2v) is 8.08. The summed E-state index contributed by atoms with van der Waals surface area (Å²) in [5.41, 5.74) is 4.40. The van der Waals surface area contributed by atoms with E-state index >= 15 is 0 Å². The van der Waals surface area contributed by atoms with Gasteiger partial charge in [-0.1, -0.05) is 60.7 Å². The minimum atomic E-state index is -3.93. The van der Waals surface area contributed by atoms with E-state index in [2.05, 4.69) is 0 Å². The first-order chi connectivity index (χ1) is 14.0. The second kappa shape index (κ2) is 7.63. The number of hydrogen-bond acceptors (Lipinski definition) is 4. The third-order valence-corrected chi connectivity index (χ3v) is 5.63. The number of hydrogen-bond donors (Lipinski definition) is 2. The Morgan fingerprint density at radius 2 is 1.48 bits per heavy atom. The van der Waals surface area contributed by atoms with Gasteiger partial charge in [-0.2, -0.15) is 5.10 Å². The standard InChI is InChI=1S/C22H19N3O3S/c23-29(27,28)22-12-11-19(13-18(22)15-26)25-21(17-9-5-2-6-10-17)14-20(24-25)16-7-3-1-4-8-16/h1-14,26H,15H2,(H2,23,27,28). The van der Waals surface area contributed by atoms with Gasteiger partial charge in [0, 0.05) is 11.1 Å². The molecule has 0 bridgehead atoms. The van der Waals surface area contributed by atoms with Crippen LogP contribution in [-0.4, -0.2) is 23.3 Å². The van der Waals surface area contributed by atoms with Crippen molar-refractivity contribution in [2.45, 2.75) is 11.5 Å². The van der Waals surface area contributed by atoms with Crippen LogP contribution in [0.2, 0.25) is 0 Å². The first kappa shape index (κ1) is 19.1. The lowest BCUT2D eigenvalue weighted by molar-refractivity contribution is 0.278. The van der Waals surface area contributed by atoms with E-state index in [0.717, 1.165) is 22.5 Å².